The van der Waals surface area contributed by atoms with Crippen molar-refractivity contribution in [3.05, 3.63) is 42.0 Å². The first-order chi connectivity index (χ1) is 7.72. The fraction of sp³-hybridized carbons (Fsp3) is 0.167. The molecule has 0 fully saturated rings. The second kappa shape index (κ2) is 5.70. The molecule has 0 spiro atoms. The summed E-state index contributed by atoms with van der Waals surface area (Å²) in [6, 6.07) is 4.58. The molecule has 0 atom stereocenters. The molecule has 0 amide bonds. The highest BCUT2D eigenvalue weighted by Gasteiger charge is 2.13. The maximum absolute atomic E-state index is 11.6. The van der Waals surface area contributed by atoms with Crippen molar-refractivity contribution in [3.63, 3.8) is 0 Å². The van der Waals surface area contributed by atoms with Crippen molar-refractivity contribution in [3.8, 4) is 5.75 Å². The van der Waals surface area contributed by atoms with Gasteiger partial charge in [-0.15, -0.1) is 0 Å². The first-order valence-electron chi connectivity index (χ1n) is 4.64. The minimum Gasteiger partial charge on any atom is -0.497 e. The number of rotatable bonds is 5. The highest BCUT2D eigenvalue weighted by Crippen LogP contribution is 2.17. The molecule has 0 unspecified atom stereocenters. The molecule has 0 bridgehead atoms. The highest BCUT2D eigenvalue weighted by atomic mass is 16.5. The van der Waals surface area contributed by atoms with Gasteiger partial charge in [0.05, 0.1) is 12.7 Å². The molecule has 84 valence electrons. The van der Waals surface area contributed by atoms with Crippen molar-refractivity contribution >= 4 is 12.3 Å². The van der Waals surface area contributed by atoms with Crippen LogP contribution in [-0.4, -0.2) is 26.0 Å². The van der Waals surface area contributed by atoms with Gasteiger partial charge in [-0.25, -0.2) is 4.79 Å². The van der Waals surface area contributed by atoms with Gasteiger partial charge in [0.1, 0.15) is 12.4 Å². The van der Waals surface area contributed by atoms with Gasteiger partial charge >= 0.3 is 5.97 Å². The van der Waals surface area contributed by atoms with E-state index in [2.05, 4.69) is 6.58 Å². The minimum absolute atomic E-state index is 0.105. The summed E-state index contributed by atoms with van der Waals surface area (Å²) >= 11 is 0. The molecule has 0 aromatic heterocycles. The van der Waals surface area contributed by atoms with Gasteiger partial charge in [0.2, 0.25) is 0 Å². The fourth-order valence-corrected chi connectivity index (χ4v) is 1.15. The number of ether oxygens (including phenoxy) is 2. The summed E-state index contributed by atoms with van der Waals surface area (Å²) in [6.45, 7) is 3.54. The normalized spacial score (nSPS) is 9.31. The fourth-order valence-electron chi connectivity index (χ4n) is 1.15. The number of benzene rings is 1. The zero-order valence-corrected chi connectivity index (χ0v) is 8.93. The lowest BCUT2D eigenvalue weighted by Crippen LogP contribution is -2.08. The van der Waals surface area contributed by atoms with Crippen LogP contribution in [0.5, 0.6) is 5.75 Å². The zero-order chi connectivity index (χ0) is 12.0. The molecule has 0 saturated carbocycles. The van der Waals surface area contributed by atoms with E-state index in [4.69, 9.17) is 9.47 Å². The molecule has 0 aliphatic heterocycles. The molecule has 0 heterocycles. The summed E-state index contributed by atoms with van der Waals surface area (Å²) in [5, 5.41) is 0. The Labute approximate surface area is 93.5 Å². The van der Waals surface area contributed by atoms with Gasteiger partial charge in [-0.3, -0.25) is 4.79 Å². The van der Waals surface area contributed by atoms with Crippen molar-refractivity contribution in [2.24, 2.45) is 0 Å². The summed E-state index contributed by atoms with van der Waals surface area (Å²) < 4.78 is 9.81. The highest BCUT2D eigenvalue weighted by molar-refractivity contribution is 5.98. The molecular formula is C12H12O4. The molecule has 0 aliphatic rings. The van der Waals surface area contributed by atoms with Gasteiger partial charge in [-0.05, 0) is 18.2 Å². The van der Waals surface area contributed by atoms with Crippen molar-refractivity contribution in [2.45, 2.75) is 0 Å². The van der Waals surface area contributed by atoms with Crippen LogP contribution < -0.4 is 4.74 Å². The van der Waals surface area contributed by atoms with E-state index in [1.807, 2.05) is 0 Å². The first-order valence-corrected chi connectivity index (χ1v) is 4.64. The third kappa shape index (κ3) is 2.70. The molecule has 16 heavy (non-hydrogen) atoms. The Morgan fingerprint density at radius 2 is 2.25 bits per heavy atom. The number of carbonyl (C=O) groups is 2. The van der Waals surface area contributed by atoms with Crippen LogP contribution in [0.1, 0.15) is 20.7 Å². The maximum atomic E-state index is 11.6. The van der Waals surface area contributed by atoms with Gasteiger partial charge in [-0.2, -0.15) is 0 Å². The van der Waals surface area contributed by atoms with Gasteiger partial charge in [0.25, 0.3) is 0 Å². The van der Waals surface area contributed by atoms with Crippen molar-refractivity contribution in [1.29, 1.82) is 0 Å². The third-order valence-electron chi connectivity index (χ3n) is 1.94. The van der Waals surface area contributed by atoms with Crippen LogP contribution in [0, 0.1) is 0 Å². The summed E-state index contributed by atoms with van der Waals surface area (Å²) in [5.41, 5.74) is 0.464. The third-order valence-corrected chi connectivity index (χ3v) is 1.94. The summed E-state index contributed by atoms with van der Waals surface area (Å²) in [4.78, 5) is 22.3. The lowest BCUT2D eigenvalue weighted by molar-refractivity contribution is 0.0547. The Bertz CT molecular complexity index is 409. The standard InChI is InChI=1S/C12H12O4/c1-3-6-16-12(14)11-7-10(15-2)5-4-9(11)8-13/h3-5,7-8H,1,6H2,2H3. The van der Waals surface area contributed by atoms with Crippen molar-refractivity contribution in [2.75, 3.05) is 13.7 Å². The zero-order valence-electron chi connectivity index (χ0n) is 8.93. The van der Waals surface area contributed by atoms with Crippen LogP contribution in [-0.2, 0) is 4.74 Å². The van der Waals surface area contributed by atoms with E-state index in [9.17, 15) is 9.59 Å². The topological polar surface area (TPSA) is 52.6 Å². The molecule has 0 saturated heterocycles. The van der Waals surface area contributed by atoms with Gasteiger partial charge in [0.15, 0.2) is 6.29 Å². The lowest BCUT2D eigenvalue weighted by atomic mass is 10.1. The van der Waals surface area contributed by atoms with E-state index < -0.39 is 5.97 Å². The Kier molecular flexibility index (Phi) is 4.27. The molecule has 1 aromatic rings. The number of esters is 1. The molecule has 0 radical (unpaired) electrons. The number of aldehydes is 1. The van der Waals surface area contributed by atoms with Crippen molar-refractivity contribution in [1.82, 2.24) is 0 Å². The molecular weight excluding hydrogens is 208 g/mol. The Hall–Kier alpha value is -2.10. The Balaban J connectivity index is 3.02. The summed E-state index contributed by atoms with van der Waals surface area (Å²) in [5.74, 6) is -0.0722. The number of hydrogen-bond acceptors (Lipinski definition) is 4. The predicted octanol–water partition coefficient (Wildman–Crippen LogP) is 1.85. The quantitative estimate of drug-likeness (QED) is 0.431. The van der Waals surface area contributed by atoms with Gasteiger partial charge < -0.3 is 9.47 Å². The van der Waals surface area contributed by atoms with E-state index in [0.29, 0.717) is 12.0 Å². The van der Waals surface area contributed by atoms with Crippen LogP contribution in [0.4, 0.5) is 0 Å². The average molecular weight is 220 g/mol. The smallest absolute Gasteiger partial charge is 0.339 e. The van der Waals surface area contributed by atoms with Gasteiger partial charge in [-0.1, -0.05) is 12.7 Å². The number of carbonyl (C=O) groups excluding carboxylic acids is 2. The van der Waals surface area contributed by atoms with Gasteiger partial charge in [0, 0.05) is 5.56 Å². The van der Waals surface area contributed by atoms with Crippen LogP contribution in [0.3, 0.4) is 0 Å². The second-order valence-electron chi connectivity index (χ2n) is 2.96. The largest absolute Gasteiger partial charge is 0.497 e. The van der Waals surface area contributed by atoms with E-state index >= 15 is 0 Å². The van der Waals surface area contributed by atoms with Crippen LogP contribution in [0.15, 0.2) is 30.9 Å². The summed E-state index contributed by atoms with van der Waals surface area (Å²) in [6.07, 6.45) is 2.06. The molecule has 4 heteroatoms. The average Bonchev–Trinajstić information content (AvgIpc) is 2.35. The maximum Gasteiger partial charge on any atom is 0.339 e. The minimum atomic E-state index is -0.569. The number of methoxy groups -OCH3 is 1. The van der Waals surface area contributed by atoms with E-state index in [1.54, 1.807) is 6.07 Å². The Morgan fingerprint density at radius 3 is 2.81 bits per heavy atom. The SMILES string of the molecule is C=CCOC(=O)c1cc(OC)ccc1C=O. The summed E-state index contributed by atoms with van der Waals surface area (Å²) in [7, 11) is 1.48. The first kappa shape index (κ1) is 12.0. The number of hydrogen-bond donors (Lipinski definition) is 0. The Morgan fingerprint density at radius 1 is 1.50 bits per heavy atom. The van der Waals surface area contributed by atoms with Crippen LogP contribution in [0.25, 0.3) is 0 Å². The molecule has 4 nitrogen and oxygen atoms in total. The lowest BCUT2D eigenvalue weighted by Gasteiger charge is -2.06. The molecule has 1 aromatic carbocycles. The van der Waals surface area contributed by atoms with E-state index in [1.165, 1.54) is 25.3 Å². The van der Waals surface area contributed by atoms with E-state index in [-0.39, 0.29) is 17.7 Å². The van der Waals surface area contributed by atoms with Crippen LogP contribution >= 0.6 is 0 Å². The molecule has 0 N–H and O–H groups in total. The monoisotopic (exact) mass is 220 g/mol. The second-order valence-corrected chi connectivity index (χ2v) is 2.96. The molecule has 1 rings (SSSR count). The van der Waals surface area contributed by atoms with E-state index in [0.717, 1.165) is 0 Å². The molecule has 0 aliphatic carbocycles. The van der Waals surface area contributed by atoms with Crippen molar-refractivity contribution < 1.29 is 19.1 Å². The van der Waals surface area contributed by atoms with Crippen LogP contribution in [0.2, 0.25) is 0 Å². The predicted molar refractivity (Wildman–Crippen MR) is 58.9 cm³/mol.